The summed E-state index contributed by atoms with van der Waals surface area (Å²) in [5, 5.41) is 9.96. The van der Waals surface area contributed by atoms with Gasteiger partial charge in [0.1, 0.15) is 0 Å². The standard InChI is InChI=1S/C9H11N3S/c1(2-8-6-11-12-7-8)3-9-10-4-5-13-9/h4-7H,1-3H2,(H,11,12). The van der Waals surface area contributed by atoms with Gasteiger partial charge in [-0.2, -0.15) is 5.10 Å². The SMILES string of the molecule is c1csc(CCCc2cn[nH]c2)n1. The molecule has 2 aromatic heterocycles. The van der Waals surface area contributed by atoms with Crippen molar-refractivity contribution in [2.75, 3.05) is 0 Å². The summed E-state index contributed by atoms with van der Waals surface area (Å²) in [6, 6.07) is 0. The zero-order chi connectivity index (χ0) is 8.93. The van der Waals surface area contributed by atoms with Crippen molar-refractivity contribution < 1.29 is 0 Å². The highest BCUT2D eigenvalue weighted by atomic mass is 32.1. The number of nitrogens with zero attached hydrogens (tertiary/aromatic N) is 2. The van der Waals surface area contributed by atoms with Crippen LogP contribution < -0.4 is 0 Å². The van der Waals surface area contributed by atoms with Crippen LogP contribution in [0.4, 0.5) is 0 Å². The second-order valence-corrected chi connectivity index (χ2v) is 3.87. The Labute approximate surface area is 80.8 Å². The third-order valence-electron chi connectivity index (χ3n) is 1.89. The number of hydrogen-bond donors (Lipinski definition) is 1. The summed E-state index contributed by atoms with van der Waals surface area (Å²) in [6.07, 6.45) is 8.98. The van der Waals surface area contributed by atoms with Gasteiger partial charge in [-0.3, -0.25) is 5.10 Å². The van der Waals surface area contributed by atoms with Crippen molar-refractivity contribution in [2.24, 2.45) is 0 Å². The lowest BCUT2D eigenvalue weighted by Crippen LogP contribution is -1.87. The first kappa shape index (κ1) is 8.44. The average molecular weight is 193 g/mol. The number of hydrogen-bond acceptors (Lipinski definition) is 3. The van der Waals surface area contributed by atoms with Crippen LogP contribution in [0.2, 0.25) is 0 Å². The van der Waals surface area contributed by atoms with Gasteiger partial charge in [-0.15, -0.1) is 11.3 Å². The maximum atomic E-state index is 4.23. The van der Waals surface area contributed by atoms with Gasteiger partial charge in [-0.05, 0) is 24.8 Å². The fourth-order valence-corrected chi connectivity index (χ4v) is 1.90. The molecule has 2 aromatic rings. The van der Waals surface area contributed by atoms with E-state index in [1.165, 1.54) is 10.6 Å². The summed E-state index contributed by atoms with van der Waals surface area (Å²) < 4.78 is 0. The molecule has 2 rings (SSSR count). The Morgan fingerprint density at radius 3 is 3.08 bits per heavy atom. The van der Waals surface area contributed by atoms with Crippen LogP contribution in [0.25, 0.3) is 0 Å². The Morgan fingerprint density at radius 1 is 1.38 bits per heavy atom. The Kier molecular flexibility index (Phi) is 2.72. The Hall–Kier alpha value is -1.16. The molecule has 68 valence electrons. The average Bonchev–Trinajstić information content (AvgIpc) is 2.75. The molecule has 2 heterocycles. The minimum atomic E-state index is 1.07. The van der Waals surface area contributed by atoms with Gasteiger partial charge < -0.3 is 0 Å². The number of H-pyrrole nitrogens is 1. The molecule has 3 nitrogen and oxygen atoms in total. The summed E-state index contributed by atoms with van der Waals surface area (Å²) in [5.41, 5.74) is 1.27. The van der Waals surface area contributed by atoms with Crippen LogP contribution >= 0.6 is 11.3 Å². The van der Waals surface area contributed by atoms with Gasteiger partial charge in [0.05, 0.1) is 11.2 Å². The number of nitrogens with one attached hydrogen (secondary N) is 1. The third-order valence-corrected chi connectivity index (χ3v) is 2.73. The highest BCUT2D eigenvalue weighted by Gasteiger charge is 1.97. The molecule has 0 saturated heterocycles. The lowest BCUT2D eigenvalue weighted by atomic mass is 10.2. The van der Waals surface area contributed by atoms with Gasteiger partial charge in [0.2, 0.25) is 0 Å². The van der Waals surface area contributed by atoms with Crippen LogP contribution in [-0.4, -0.2) is 15.2 Å². The number of aromatic amines is 1. The van der Waals surface area contributed by atoms with E-state index in [1.807, 2.05) is 24.0 Å². The zero-order valence-corrected chi connectivity index (χ0v) is 8.05. The minimum absolute atomic E-state index is 1.07. The first-order valence-corrected chi connectivity index (χ1v) is 5.19. The molecule has 0 amide bonds. The molecular weight excluding hydrogens is 182 g/mol. The smallest absolute Gasteiger partial charge is 0.0924 e. The largest absolute Gasteiger partial charge is 0.285 e. The van der Waals surface area contributed by atoms with Gasteiger partial charge >= 0.3 is 0 Å². The predicted molar refractivity (Wildman–Crippen MR) is 52.7 cm³/mol. The molecule has 4 heteroatoms. The number of rotatable bonds is 4. The lowest BCUT2D eigenvalue weighted by Gasteiger charge is -1.94. The van der Waals surface area contributed by atoms with E-state index in [0.29, 0.717) is 0 Å². The van der Waals surface area contributed by atoms with Crippen LogP contribution in [0.15, 0.2) is 24.0 Å². The highest BCUT2D eigenvalue weighted by Crippen LogP contribution is 2.09. The second kappa shape index (κ2) is 4.18. The Morgan fingerprint density at radius 2 is 2.38 bits per heavy atom. The van der Waals surface area contributed by atoms with Crippen molar-refractivity contribution in [1.82, 2.24) is 15.2 Å². The van der Waals surface area contributed by atoms with Crippen molar-refractivity contribution in [2.45, 2.75) is 19.3 Å². The molecule has 13 heavy (non-hydrogen) atoms. The van der Waals surface area contributed by atoms with E-state index >= 15 is 0 Å². The van der Waals surface area contributed by atoms with Crippen molar-refractivity contribution in [3.63, 3.8) is 0 Å². The molecule has 0 radical (unpaired) electrons. The Balaban J connectivity index is 1.76. The molecule has 1 N–H and O–H groups in total. The highest BCUT2D eigenvalue weighted by molar-refractivity contribution is 7.09. The summed E-state index contributed by atoms with van der Waals surface area (Å²) in [6.45, 7) is 0. The molecule has 0 aliphatic rings. The van der Waals surface area contributed by atoms with Crippen LogP contribution in [0, 0.1) is 0 Å². The summed E-state index contributed by atoms with van der Waals surface area (Å²) in [4.78, 5) is 4.23. The summed E-state index contributed by atoms with van der Waals surface area (Å²) >= 11 is 1.73. The fourth-order valence-electron chi connectivity index (χ4n) is 1.23. The summed E-state index contributed by atoms with van der Waals surface area (Å²) in [7, 11) is 0. The topological polar surface area (TPSA) is 41.6 Å². The number of thiazole rings is 1. The van der Waals surface area contributed by atoms with Crippen molar-refractivity contribution in [3.05, 3.63) is 34.5 Å². The van der Waals surface area contributed by atoms with E-state index in [4.69, 9.17) is 0 Å². The molecule has 0 saturated carbocycles. The minimum Gasteiger partial charge on any atom is -0.285 e. The number of aromatic nitrogens is 3. The molecule has 0 fully saturated rings. The Bertz CT molecular complexity index is 291. The molecule has 0 atom stereocenters. The van der Waals surface area contributed by atoms with E-state index in [-0.39, 0.29) is 0 Å². The normalized spacial score (nSPS) is 10.5. The first-order valence-electron chi connectivity index (χ1n) is 4.31. The van der Waals surface area contributed by atoms with E-state index < -0.39 is 0 Å². The van der Waals surface area contributed by atoms with Crippen molar-refractivity contribution in [1.29, 1.82) is 0 Å². The quantitative estimate of drug-likeness (QED) is 0.807. The van der Waals surface area contributed by atoms with E-state index in [2.05, 4.69) is 15.2 Å². The predicted octanol–water partition coefficient (Wildman–Crippen LogP) is 2.04. The number of aryl methyl sites for hydroxylation is 2. The third kappa shape index (κ3) is 2.39. The van der Waals surface area contributed by atoms with Crippen LogP contribution in [0.3, 0.4) is 0 Å². The van der Waals surface area contributed by atoms with Gasteiger partial charge in [0.25, 0.3) is 0 Å². The molecule has 0 aliphatic heterocycles. The van der Waals surface area contributed by atoms with E-state index in [9.17, 15) is 0 Å². The van der Waals surface area contributed by atoms with Gasteiger partial charge in [0.15, 0.2) is 0 Å². The maximum Gasteiger partial charge on any atom is 0.0924 e. The van der Waals surface area contributed by atoms with E-state index in [0.717, 1.165) is 19.3 Å². The molecule has 0 aliphatic carbocycles. The first-order chi connectivity index (χ1) is 6.45. The van der Waals surface area contributed by atoms with Crippen molar-refractivity contribution in [3.8, 4) is 0 Å². The van der Waals surface area contributed by atoms with Crippen LogP contribution in [0.5, 0.6) is 0 Å². The molecule has 0 aromatic carbocycles. The molecule has 0 unspecified atom stereocenters. The van der Waals surface area contributed by atoms with E-state index in [1.54, 1.807) is 11.3 Å². The van der Waals surface area contributed by atoms with Crippen molar-refractivity contribution >= 4 is 11.3 Å². The van der Waals surface area contributed by atoms with Gasteiger partial charge in [-0.25, -0.2) is 4.98 Å². The monoisotopic (exact) mass is 193 g/mol. The fraction of sp³-hybridized carbons (Fsp3) is 0.333. The lowest BCUT2D eigenvalue weighted by molar-refractivity contribution is 0.815. The molecule has 0 bridgehead atoms. The van der Waals surface area contributed by atoms with Crippen LogP contribution in [-0.2, 0) is 12.8 Å². The maximum absolute atomic E-state index is 4.23. The molecule has 0 spiro atoms. The summed E-state index contributed by atoms with van der Waals surface area (Å²) in [5.74, 6) is 0. The molecular formula is C9H11N3S. The van der Waals surface area contributed by atoms with Crippen LogP contribution in [0.1, 0.15) is 17.0 Å². The second-order valence-electron chi connectivity index (χ2n) is 2.89. The van der Waals surface area contributed by atoms with Gasteiger partial charge in [0, 0.05) is 17.8 Å². The van der Waals surface area contributed by atoms with Gasteiger partial charge in [-0.1, -0.05) is 0 Å². The zero-order valence-electron chi connectivity index (χ0n) is 7.23.